The molecule has 2 saturated heterocycles. The first-order valence-electron chi connectivity index (χ1n) is 10.8. The first-order chi connectivity index (χ1) is 15.6. The minimum Gasteiger partial charge on any atom is -0.475 e. The molecule has 2 aliphatic rings. The Morgan fingerprint density at radius 2 is 1.91 bits per heavy atom. The van der Waals surface area contributed by atoms with Crippen LogP contribution in [-0.2, 0) is 4.79 Å². The zero-order valence-corrected chi connectivity index (χ0v) is 18.6. The number of likely N-dealkylation sites (tertiary alicyclic amines) is 1. The van der Waals surface area contributed by atoms with Crippen molar-refractivity contribution in [2.24, 2.45) is 0 Å². The Morgan fingerprint density at radius 3 is 2.45 bits per heavy atom. The second kappa shape index (κ2) is 10.3. The molecule has 2 N–H and O–H groups in total. The molecule has 1 amide bonds. The molecule has 10 heteroatoms. The van der Waals surface area contributed by atoms with E-state index in [1.807, 2.05) is 13.0 Å². The number of alkyl halides is 3. The van der Waals surface area contributed by atoms with E-state index in [1.54, 1.807) is 6.07 Å². The lowest BCUT2D eigenvalue weighted by Gasteiger charge is -2.28. The summed E-state index contributed by atoms with van der Waals surface area (Å²) in [5.74, 6) is -2.90. The molecular formula is C23H28F3N3O4. The molecule has 180 valence electrons. The van der Waals surface area contributed by atoms with E-state index in [-0.39, 0.29) is 5.91 Å². The maximum absolute atomic E-state index is 12.2. The van der Waals surface area contributed by atoms with Crippen LogP contribution in [0.25, 0.3) is 0 Å². The first kappa shape index (κ1) is 24.6. The van der Waals surface area contributed by atoms with Gasteiger partial charge in [-0.3, -0.25) is 9.69 Å². The van der Waals surface area contributed by atoms with Crippen molar-refractivity contribution in [2.75, 3.05) is 29.9 Å². The molecule has 2 aliphatic heterocycles. The van der Waals surface area contributed by atoms with Gasteiger partial charge in [-0.2, -0.15) is 13.2 Å². The van der Waals surface area contributed by atoms with Crippen LogP contribution in [-0.4, -0.2) is 59.8 Å². The molecular weight excluding hydrogens is 439 g/mol. The first-order valence-corrected chi connectivity index (χ1v) is 10.8. The maximum Gasteiger partial charge on any atom is 0.490 e. The number of nitrogens with zero attached hydrogens (tertiary/aromatic N) is 2. The van der Waals surface area contributed by atoms with E-state index in [4.69, 9.17) is 14.3 Å². The summed E-state index contributed by atoms with van der Waals surface area (Å²) in [6, 6.07) is 9.38. The summed E-state index contributed by atoms with van der Waals surface area (Å²) in [5, 5.41) is 10.1. The molecule has 1 aromatic heterocycles. The quantitative estimate of drug-likeness (QED) is 0.687. The van der Waals surface area contributed by atoms with Crippen molar-refractivity contribution in [3.63, 3.8) is 0 Å². The smallest absolute Gasteiger partial charge is 0.475 e. The standard InChI is InChI=1S/C21H27N3O2.C2HF3O2/c1-15-12-18(5-6-20(15)22-21(25)17-8-11-26-14-17)23-10-7-19(13-23)24-9-3-4-16(24)2;3-2(4,5)1(6)7/h5-6,8,11-12,14,16,19H,3-4,7,9-10,13H2,1-2H3,(H,22,25);(H,6,7)/t16-,19-;/m0./s1. The highest BCUT2D eigenvalue weighted by Crippen LogP contribution is 2.30. The molecule has 7 nitrogen and oxygen atoms in total. The van der Waals surface area contributed by atoms with E-state index in [0.29, 0.717) is 11.6 Å². The topological polar surface area (TPSA) is 86.0 Å². The molecule has 33 heavy (non-hydrogen) atoms. The summed E-state index contributed by atoms with van der Waals surface area (Å²) in [6.07, 6.45) is 1.80. The minimum atomic E-state index is -5.08. The zero-order valence-electron chi connectivity index (χ0n) is 18.6. The fraction of sp³-hybridized carbons (Fsp3) is 0.478. The van der Waals surface area contributed by atoms with Crippen LogP contribution >= 0.6 is 0 Å². The number of anilines is 2. The number of amides is 1. The number of halogens is 3. The molecule has 3 heterocycles. The lowest BCUT2D eigenvalue weighted by molar-refractivity contribution is -0.192. The van der Waals surface area contributed by atoms with Gasteiger partial charge >= 0.3 is 12.1 Å². The van der Waals surface area contributed by atoms with Gasteiger partial charge in [-0.05, 0) is 69.5 Å². The van der Waals surface area contributed by atoms with E-state index in [9.17, 15) is 18.0 Å². The van der Waals surface area contributed by atoms with Gasteiger partial charge in [-0.25, -0.2) is 4.79 Å². The lowest BCUT2D eigenvalue weighted by atomic mass is 10.1. The van der Waals surface area contributed by atoms with Crippen molar-refractivity contribution in [1.29, 1.82) is 0 Å². The van der Waals surface area contributed by atoms with Crippen molar-refractivity contribution in [2.45, 2.75) is 51.4 Å². The van der Waals surface area contributed by atoms with Gasteiger partial charge in [0.2, 0.25) is 0 Å². The van der Waals surface area contributed by atoms with E-state index in [2.05, 4.69) is 34.2 Å². The summed E-state index contributed by atoms with van der Waals surface area (Å²) >= 11 is 0. The highest BCUT2D eigenvalue weighted by Gasteiger charge is 2.38. The number of carboxylic acids is 1. The van der Waals surface area contributed by atoms with E-state index in [1.165, 1.54) is 44.0 Å². The third kappa shape index (κ3) is 6.28. The Hall–Kier alpha value is -3.01. The molecule has 0 radical (unpaired) electrons. The van der Waals surface area contributed by atoms with Crippen LogP contribution in [0.3, 0.4) is 0 Å². The molecule has 0 aliphatic carbocycles. The monoisotopic (exact) mass is 467 g/mol. The summed E-state index contributed by atoms with van der Waals surface area (Å²) in [5.41, 5.74) is 3.72. The SMILES string of the molecule is Cc1cc(N2CC[C@H](N3CCC[C@@H]3C)C2)ccc1NC(=O)c1ccoc1.O=C(O)C(F)(F)F. The predicted molar refractivity (Wildman–Crippen MR) is 118 cm³/mol. The van der Waals surface area contributed by atoms with Gasteiger partial charge in [0, 0.05) is 36.5 Å². The second-order valence-corrected chi connectivity index (χ2v) is 8.39. The Kier molecular flexibility index (Phi) is 7.68. The number of carboxylic acid groups (broad SMARTS) is 1. The summed E-state index contributed by atoms with van der Waals surface area (Å²) in [6.45, 7) is 7.86. The molecule has 1 aromatic carbocycles. The lowest BCUT2D eigenvalue weighted by Crippen LogP contribution is -2.39. The number of hydrogen-bond acceptors (Lipinski definition) is 5. The van der Waals surface area contributed by atoms with Gasteiger partial charge in [0.05, 0.1) is 11.8 Å². The van der Waals surface area contributed by atoms with Crippen molar-refractivity contribution in [3.8, 4) is 0 Å². The molecule has 0 bridgehead atoms. The minimum absolute atomic E-state index is 0.140. The Bertz CT molecular complexity index is 962. The molecule has 0 unspecified atom stereocenters. The van der Waals surface area contributed by atoms with Crippen LogP contribution in [0.15, 0.2) is 41.2 Å². The molecule has 2 aromatic rings. The fourth-order valence-corrected chi connectivity index (χ4v) is 4.32. The number of carbonyl (C=O) groups excluding carboxylic acids is 1. The summed E-state index contributed by atoms with van der Waals surface area (Å²) in [7, 11) is 0. The number of aryl methyl sites for hydroxylation is 1. The highest BCUT2D eigenvalue weighted by atomic mass is 19.4. The number of hydrogen-bond donors (Lipinski definition) is 2. The van der Waals surface area contributed by atoms with Crippen LogP contribution in [0.5, 0.6) is 0 Å². The Balaban J connectivity index is 0.000000383. The third-order valence-electron chi connectivity index (χ3n) is 6.09. The van der Waals surface area contributed by atoms with Crippen molar-refractivity contribution in [3.05, 3.63) is 47.9 Å². The van der Waals surface area contributed by atoms with Crippen LogP contribution in [0, 0.1) is 6.92 Å². The van der Waals surface area contributed by atoms with Crippen LogP contribution in [0.1, 0.15) is 42.1 Å². The number of carbonyl (C=O) groups is 2. The number of aliphatic carboxylic acids is 1. The Morgan fingerprint density at radius 1 is 1.18 bits per heavy atom. The van der Waals surface area contributed by atoms with Gasteiger partial charge in [0.25, 0.3) is 5.91 Å². The van der Waals surface area contributed by atoms with Crippen molar-refractivity contribution < 1.29 is 32.3 Å². The highest BCUT2D eigenvalue weighted by molar-refractivity contribution is 6.04. The van der Waals surface area contributed by atoms with Crippen molar-refractivity contribution >= 4 is 23.3 Å². The second-order valence-electron chi connectivity index (χ2n) is 8.39. The Labute approximate surface area is 190 Å². The average molecular weight is 467 g/mol. The maximum atomic E-state index is 12.2. The average Bonchev–Trinajstić information content (AvgIpc) is 3.50. The zero-order chi connectivity index (χ0) is 24.2. The van der Waals surface area contributed by atoms with Crippen LogP contribution < -0.4 is 10.2 Å². The van der Waals surface area contributed by atoms with Gasteiger partial charge in [0.1, 0.15) is 6.26 Å². The molecule has 4 rings (SSSR count). The van der Waals surface area contributed by atoms with Gasteiger partial charge in [-0.15, -0.1) is 0 Å². The largest absolute Gasteiger partial charge is 0.490 e. The van der Waals surface area contributed by atoms with Gasteiger partial charge < -0.3 is 19.7 Å². The van der Waals surface area contributed by atoms with Crippen LogP contribution in [0.2, 0.25) is 0 Å². The van der Waals surface area contributed by atoms with Gasteiger partial charge in [0.15, 0.2) is 0 Å². The normalized spacial score (nSPS) is 20.9. The number of benzene rings is 1. The molecule has 2 atom stereocenters. The van der Waals surface area contributed by atoms with Crippen molar-refractivity contribution in [1.82, 2.24) is 4.90 Å². The molecule has 0 saturated carbocycles. The number of nitrogens with one attached hydrogen (secondary N) is 1. The number of rotatable bonds is 4. The molecule has 0 spiro atoms. The van der Waals surface area contributed by atoms with Crippen LogP contribution in [0.4, 0.5) is 24.5 Å². The predicted octanol–water partition coefficient (Wildman–Crippen LogP) is 4.54. The third-order valence-corrected chi connectivity index (χ3v) is 6.09. The molecule has 2 fully saturated rings. The van der Waals surface area contributed by atoms with E-state index in [0.717, 1.165) is 30.4 Å². The number of furan rings is 1. The van der Waals surface area contributed by atoms with E-state index >= 15 is 0 Å². The van der Waals surface area contributed by atoms with E-state index < -0.39 is 12.1 Å². The fourth-order valence-electron chi connectivity index (χ4n) is 4.32. The summed E-state index contributed by atoms with van der Waals surface area (Å²) in [4.78, 5) is 26.3. The van der Waals surface area contributed by atoms with Gasteiger partial charge in [-0.1, -0.05) is 0 Å². The summed E-state index contributed by atoms with van der Waals surface area (Å²) < 4.78 is 36.7.